The SMILES string of the molecule is Cl.OC(CNCc1cn(-c2ccccc2)nc1-c1ccc(F)cc1)c1ccccc1. The molecule has 154 valence electrons. The van der Waals surface area contributed by atoms with E-state index in [0.717, 1.165) is 28.1 Å². The number of aliphatic hydroxyl groups excluding tert-OH is 1. The van der Waals surface area contributed by atoms with Crippen LogP contribution in [0.15, 0.2) is 91.1 Å². The molecule has 2 N–H and O–H groups in total. The Labute approximate surface area is 181 Å². The van der Waals surface area contributed by atoms with Crippen LogP contribution in [0.25, 0.3) is 16.9 Å². The van der Waals surface area contributed by atoms with Gasteiger partial charge in [-0.25, -0.2) is 9.07 Å². The van der Waals surface area contributed by atoms with Crippen molar-refractivity contribution >= 4 is 12.4 Å². The normalized spacial score (nSPS) is 11.7. The molecule has 3 aromatic carbocycles. The summed E-state index contributed by atoms with van der Waals surface area (Å²) in [4.78, 5) is 0. The van der Waals surface area contributed by atoms with Gasteiger partial charge in [0.1, 0.15) is 5.82 Å². The maximum atomic E-state index is 13.4. The minimum atomic E-state index is -0.588. The quantitative estimate of drug-likeness (QED) is 0.443. The van der Waals surface area contributed by atoms with E-state index in [9.17, 15) is 9.50 Å². The Morgan fingerprint density at radius 2 is 1.53 bits per heavy atom. The predicted octanol–water partition coefficient (Wildman–Crippen LogP) is 4.92. The number of rotatable bonds is 7. The summed E-state index contributed by atoms with van der Waals surface area (Å²) in [5, 5.41) is 18.4. The van der Waals surface area contributed by atoms with E-state index in [1.165, 1.54) is 12.1 Å². The first-order valence-electron chi connectivity index (χ1n) is 9.54. The van der Waals surface area contributed by atoms with E-state index >= 15 is 0 Å². The van der Waals surface area contributed by atoms with Crippen molar-refractivity contribution in [3.63, 3.8) is 0 Å². The van der Waals surface area contributed by atoms with Crippen molar-refractivity contribution < 1.29 is 9.50 Å². The zero-order valence-electron chi connectivity index (χ0n) is 16.3. The third-order valence-electron chi connectivity index (χ3n) is 4.77. The lowest BCUT2D eigenvalue weighted by Crippen LogP contribution is -2.21. The Morgan fingerprint density at radius 1 is 0.900 bits per heavy atom. The molecular weight excluding hydrogens is 401 g/mol. The van der Waals surface area contributed by atoms with E-state index in [0.29, 0.717) is 13.1 Å². The second-order valence-corrected chi connectivity index (χ2v) is 6.85. The lowest BCUT2D eigenvalue weighted by Gasteiger charge is -2.12. The van der Waals surface area contributed by atoms with E-state index in [4.69, 9.17) is 5.10 Å². The summed E-state index contributed by atoms with van der Waals surface area (Å²) in [5.74, 6) is -0.276. The second kappa shape index (κ2) is 10.2. The molecule has 0 aliphatic carbocycles. The molecule has 0 bridgehead atoms. The fourth-order valence-electron chi connectivity index (χ4n) is 3.24. The highest BCUT2D eigenvalue weighted by Crippen LogP contribution is 2.24. The number of halogens is 2. The van der Waals surface area contributed by atoms with Crippen molar-refractivity contribution in [2.75, 3.05) is 6.54 Å². The van der Waals surface area contributed by atoms with Crippen LogP contribution in [-0.4, -0.2) is 21.4 Å². The topological polar surface area (TPSA) is 50.1 Å². The second-order valence-electron chi connectivity index (χ2n) is 6.85. The fourth-order valence-corrected chi connectivity index (χ4v) is 3.24. The maximum Gasteiger partial charge on any atom is 0.123 e. The maximum absolute atomic E-state index is 13.4. The van der Waals surface area contributed by atoms with Gasteiger partial charge in [-0.1, -0.05) is 48.5 Å². The Morgan fingerprint density at radius 3 is 2.20 bits per heavy atom. The Kier molecular flexibility index (Phi) is 7.36. The largest absolute Gasteiger partial charge is 0.387 e. The Bertz CT molecular complexity index is 1050. The van der Waals surface area contributed by atoms with Gasteiger partial charge in [-0.2, -0.15) is 5.10 Å². The molecule has 0 aliphatic heterocycles. The fraction of sp³-hybridized carbons (Fsp3) is 0.125. The predicted molar refractivity (Wildman–Crippen MR) is 119 cm³/mol. The van der Waals surface area contributed by atoms with Crippen molar-refractivity contribution in [2.45, 2.75) is 12.6 Å². The first-order chi connectivity index (χ1) is 14.2. The number of aromatic nitrogens is 2. The van der Waals surface area contributed by atoms with Crippen LogP contribution in [0.3, 0.4) is 0 Å². The average molecular weight is 424 g/mol. The monoisotopic (exact) mass is 423 g/mol. The lowest BCUT2D eigenvalue weighted by molar-refractivity contribution is 0.174. The highest BCUT2D eigenvalue weighted by molar-refractivity contribution is 5.85. The molecule has 6 heteroatoms. The Hall–Kier alpha value is -2.99. The molecule has 1 atom stereocenters. The van der Waals surface area contributed by atoms with E-state index in [1.54, 1.807) is 12.1 Å². The summed E-state index contributed by atoms with van der Waals surface area (Å²) in [7, 11) is 0. The van der Waals surface area contributed by atoms with Crippen molar-refractivity contribution in [2.24, 2.45) is 0 Å². The molecule has 0 spiro atoms. The van der Waals surface area contributed by atoms with Gasteiger partial charge >= 0.3 is 0 Å². The average Bonchev–Trinajstić information content (AvgIpc) is 3.19. The molecular formula is C24H23ClFN3O. The van der Waals surface area contributed by atoms with Crippen molar-refractivity contribution in [3.8, 4) is 16.9 Å². The summed E-state index contributed by atoms with van der Waals surface area (Å²) in [6, 6.07) is 25.8. The van der Waals surface area contributed by atoms with Crippen LogP contribution in [0.1, 0.15) is 17.2 Å². The summed E-state index contributed by atoms with van der Waals surface area (Å²) >= 11 is 0. The van der Waals surface area contributed by atoms with Gasteiger partial charge in [-0.05, 0) is 42.0 Å². The zero-order valence-corrected chi connectivity index (χ0v) is 17.1. The first-order valence-corrected chi connectivity index (χ1v) is 9.54. The molecule has 4 nitrogen and oxygen atoms in total. The van der Waals surface area contributed by atoms with Crippen LogP contribution < -0.4 is 5.32 Å². The molecule has 30 heavy (non-hydrogen) atoms. The van der Waals surface area contributed by atoms with Gasteiger partial charge in [0.15, 0.2) is 0 Å². The van der Waals surface area contributed by atoms with E-state index in [1.807, 2.05) is 71.5 Å². The third kappa shape index (κ3) is 5.13. The van der Waals surface area contributed by atoms with Crippen LogP contribution in [0.5, 0.6) is 0 Å². The van der Waals surface area contributed by atoms with Gasteiger partial charge in [0.2, 0.25) is 0 Å². The minimum absolute atomic E-state index is 0. The van der Waals surface area contributed by atoms with E-state index < -0.39 is 6.10 Å². The standard InChI is InChI=1S/C24H22FN3O.ClH/c25-21-13-11-19(12-14-21)24-20(17-28(27-24)22-9-5-2-6-10-22)15-26-16-23(29)18-7-3-1-4-8-18;/h1-14,17,23,26,29H,15-16H2;1H. The molecule has 0 amide bonds. The number of hydrogen-bond donors (Lipinski definition) is 2. The van der Waals surface area contributed by atoms with Gasteiger partial charge < -0.3 is 10.4 Å². The van der Waals surface area contributed by atoms with Crippen LogP contribution in [0.2, 0.25) is 0 Å². The highest BCUT2D eigenvalue weighted by Gasteiger charge is 2.13. The lowest BCUT2D eigenvalue weighted by atomic mass is 10.1. The van der Waals surface area contributed by atoms with E-state index in [2.05, 4.69) is 5.32 Å². The Balaban J connectivity index is 0.00000256. The molecule has 0 saturated heterocycles. The van der Waals surface area contributed by atoms with Crippen LogP contribution >= 0.6 is 12.4 Å². The van der Waals surface area contributed by atoms with Crippen LogP contribution in [0.4, 0.5) is 4.39 Å². The van der Waals surface area contributed by atoms with Crippen LogP contribution in [0, 0.1) is 5.82 Å². The van der Waals surface area contributed by atoms with Gasteiger partial charge in [-0.15, -0.1) is 12.4 Å². The number of hydrogen-bond acceptors (Lipinski definition) is 3. The smallest absolute Gasteiger partial charge is 0.123 e. The zero-order chi connectivity index (χ0) is 20.1. The van der Waals surface area contributed by atoms with E-state index in [-0.39, 0.29) is 18.2 Å². The highest BCUT2D eigenvalue weighted by atomic mass is 35.5. The first kappa shape index (κ1) is 21.7. The van der Waals surface area contributed by atoms with Crippen LogP contribution in [-0.2, 0) is 6.54 Å². The molecule has 0 fully saturated rings. The molecule has 0 aliphatic rings. The minimum Gasteiger partial charge on any atom is -0.387 e. The number of para-hydroxylation sites is 1. The van der Waals surface area contributed by atoms with Gasteiger partial charge in [0, 0.05) is 30.4 Å². The van der Waals surface area contributed by atoms with Crippen molar-refractivity contribution in [1.82, 2.24) is 15.1 Å². The van der Waals surface area contributed by atoms with Gasteiger partial charge in [0.25, 0.3) is 0 Å². The number of nitrogens with one attached hydrogen (secondary N) is 1. The summed E-state index contributed by atoms with van der Waals surface area (Å²) in [6.45, 7) is 0.951. The summed E-state index contributed by atoms with van der Waals surface area (Å²) in [5.41, 5.74) is 4.43. The van der Waals surface area contributed by atoms with Gasteiger partial charge in [0.05, 0.1) is 17.5 Å². The molecule has 1 aromatic heterocycles. The summed E-state index contributed by atoms with van der Waals surface area (Å²) in [6.07, 6.45) is 1.38. The number of aliphatic hydroxyl groups is 1. The molecule has 0 radical (unpaired) electrons. The molecule has 1 heterocycles. The van der Waals surface area contributed by atoms with Gasteiger partial charge in [-0.3, -0.25) is 0 Å². The molecule has 0 saturated carbocycles. The summed E-state index contributed by atoms with van der Waals surface area (Å²) < 4.78 is 15.2. The number of benzene rings is 3. The molecule has 4 aromatic rings. The number of nitrogens with zero attached hydrogens (tertiary/aromatic N) is 2. The molecule has 4 rings (SSSR count). The van der Waals surface area contributed by atoms with Crippen molar-refractivity contribution in [1.29, 1.82) is 0 Å². The third-order valence-corrected chi connectivity index (χ3v) is 4.77. The van der Waals surface area contributed by atoms with Crippen molar-refractivity contribution in [3.05, 3.63) is 108 Å². The molecule has 1 unspecified atom stereocenters.